The lowest BCUT2D eigenvalue weighted by molar-refractivity contribution is -0.100. The number of ether oxygens (including phenoxy) is 1. The van der Waals surface area contributed by atoms with E-state index in [1.807, 2.05) is 0 Å². The van der Waals surface area contributed by atoms with E-state index in [0.29, 0.717) is 12.5 Å². The Morgan fingerprint density at radius 3 is 3.27 bits per heavy atom. The Hall–Kier alpha value is -0.560. The van der Waals surface area contributed by atoms with Crippen LogP contribution in [0, 0.1) is 11.8 Å². The second-order valence-electron chi connectivity index (χ2n) is 4.36. The van der Waals surface area contributed by atoms with Gasteiger partial charge in [0.15, 0.2) is 0 Å². The molecule has 3 heteroatoms. The maximum absolute atomic E-state index is 9.87. The monoisotopic (exact) mass is 209 g/mol. The zero-order valence-corrected chi connectivity index (χ0v) is 9.28. The van der Waals surface area contributed by atoms with Gasteiger partial charge in [-0.05, 0) is 26.3 Å². The first-order valence-corrected chi connectivity index (χ1v) is 5.74. The van der Waals surface area contributed by atoms with Crippen LogP contribution in [0.3, 0.4) is 0 Å². The fourth-order valence-corrected chi connectivity index (χ4v) is 2.41. The van der Waals surface area contributed by atoms with Gasteiger partial charge < -0.3 is 9.84 Å². The Bertz CT molecular complexity index is 269. The van der Waals surface area contributed by atoms with E-state index < -0.39 is 6.10 Å². The van der Waals surface area contributed by atoms with Crippen molar-refractivity contribution in [2.24, 2.45) is 0 Å². The summed E-state index contributed by atoms with van der Waals surface area (Å²) in [6, 6.07) is 0.603. The van der Waals surface area contributed by atoms with Crippen LogP contribution < -0.4 is 0 Å². The van der Waals surface area contributed by atoms with Gasteiger partial charge in [-0.15, -0.1) is 11.8 Å². The van der Waals surface area contributed by atoms with Crippen molar-refractivity contribution in [2.45, 2.75) is 44.4 Å². The van der Waals surface area contributed by atoms with Crippen LogP contribution in [0.15, 0.2) is 0 Å². The van der Waals surface area contributed by atoms with Crippen molar-refractivity contribution in [3.63, 3.8) is 0 Å². The van der Waals surface area contributed by atoms with Gasteiger partial charge in [-0.2, -0.15) is 0 Å². The van der Waals surface area contributed by atoms with E-state index in [0.717, 1.165) is 19.7 Å². The van der Waals surface area contributed by atoms with Crippen LogP contribution in [0.2, 0.25) is 0 Å². The molecule has 0 aromatic rings. The summed E-state index contributed by atoms with van der Waals surface area (Å²) < 4.78 is 5.69. The van der Waals surface area contributed by atoms with Crippen LogP contribution in [0.5, 0.6) is 0 Å². The molecule has 3 nitrogen and oxygen atoms in total. The summed E-state index contributed by atoms with van der Waals surface area (Å²) in [5.41, 5.74) is 0. The molecule has 0 aromatic heterocycles. The van der Waals surface area contributed by atoms with Crippen LogP contribution in [0.25, 0.3) is 0 Å². The van der Waals surface area contributed by atoms with Crippen molar-refractivity contribution in [3.05, 3.63) is 0 Å². The lowest BCUT2D eigenvalue weighted by Gasteiger charge is -2.36. The molecule has 0 bridgehead atoms. The molecule has 3 atom stereocenters. The predicted octanol–water partition coefficient (Wildman–Crippen LogP) is 0.624. The summed E-state index contributed by atoms with van der Waals surface area (Å²) in [6.07, 6.45) is 2.57. The van der Waals surface area contributed by atoms with Crippen LogP contribution in [-0.2, 0) is 4.74 Å². The summed E-state index contributed by atoms with van der Waals surface area (Å²) >= 11 is 0. The lowest BCUT2D eigenvalue weighted by atomic mass is 10.1. The first-order chi connectivity index (χ1) is 7.31. The number of hydrogen-bond donors (Lipinski definition) is 1. The Morgan fingerprint density at radius 2 is 2.47 bits per heavy atom. The minimum Gasteiger partial charge on any atom is -0.389 e. The van der Waals surface area contributed by atoms with Crippen molar-refractivity contribution in [1.29, 1.82) is 0 Å². The summed E-state index contributed by atoms with van der Waals surface area (Å²) in [4.78, 5) is 2.44. The molecule has 2 aliphatic heterocycles. The van der Waals surface area contributed by atoms with Gasteiger partial charge in [0.2, 0.25) is 0 Å². The average Bonchev–Trinajstić information content (AvgIpc) is 2.72. The first kappa shape index (κ1) is 10.9. The second-order valence-corrected chi connectivity index (χ2v) is 4.36. The van der Waals surface area contributed by atoms with E-state index in [4.69, 9.17) is 4.74 Å². The number of morpholine rings is 1. The molecule has 1 N–H and O–H groups in total. The summed E-state index contributed by atoms with van der Waals surface area (Å²) in [6.45, 7) is 4.61. The highest BCUT2D eigenvalue weighted by Crippen LogP contribution is 2.24. The maximum atomic E-state index is 9.87. The highest BCUT2D eigenvalue weighted by atomic mass is 16.5. The molecular weight excluding hydrogens is 190 g/mol. The zero-order valence-electron chi connectivity index (χ0n) is 9.28. The van der Waals surface area contributed by atoms with Crippen molar-refractivity contribution in [3.8, 4) is 11.8 Å². The van der Waals surface area contributed by atoms with E-state index in [9.17, 15) is 5.11 Å². The summed E-state index contributed by atoms with van der Waals surface area (Å²) in [7, 11) is 0. The third-order valence-electron chi connectivity index (χ3n) is 3.33. The number of aliphatic hydroxyl groups is 1. The third kappa shape index (κ3) is 2.52. The maximum Gasteiger partial charge on any atom is 0.0970 e. The SMILES string of the molecule is CC#CCC(O)C1CN2CCCC2CO1. The molecule has 2 heterocycles. The van der Waals surface area contributed by atoms with E-state index in [1.165, 1.54) is 12.8 Å². The molecule has 0 aliphatic carbocycles. The molecular formula is C12H19NO2. The molecule has 0 amide bonds. The van der Waals surface area contributed by atoms with E-state index in [1.54, 1.807) is 6.92 Å². The van der Waals surface area contributed by atoms with Gasteiger partial charge in [0.1, 0.15) is 0 Å². The summed E-state index contributed by atoms with van der Waals surface area (Å²) in [5.74, 6) is 5.71. The lowest BCUT2D eigenvalue weighted by Crippen LogP contribution is -2.50. The number of aliphatic hydroxyl groups excluding tert-OH is 1. The van der Waals surface area contributed by atoms with Gasteiger partial charge >= 0.3 is 0 Å². The normalized spacial score (nSPS) is 32.9. The number of fused-ring (bicyclic) bond motifs is 1. The number of rotatable bonds is 2. The van der Waals surface area contributed by atoms with Gasteiger partial charge in [0, 0.05) is 19.0 Å². The molecule has 0 spiro atoms. The Labute approximate surface area is 91.4 Å². The van der Waals surface area contributed by atoms with Crippen molar-refractivity contribution >= 4 is 0 Å². The molecule has 2 fully saturated rings. The van der Waals surface area contributed by atoms with Crippen LogP contribution in [0.4, 0.5) is 0 Å². The second kappa shape index (κ2) is 4.98. The fraction of sp³-hybridized carbons (Fsp3) is 0.833. The molecule has 0 radical (unpaired) electrons. The van der Waals surface area contributed by atoms with E-state index >= 15 is 0 Å². The van der Waals surface area contributed by atoms with Gasteiger partial charge in [0.05, 0.1) is 18.8 Å². The van der Waals surface area contributed by atoms with Crippen molar-refractivity contribution in [2.75, 3.05) is 19.7 Å². The first-order valence-electron chi connectivity index (χ1n) is 5.74. The average molecular weight is 209 g/mol. The molecule has 84 valence electrons. The van der Waals surface area contributed by atoms with Crippen molar-refractivity contribution in [1.82, 2.24) is 4.90 Å². The Morgan fingerprint density at radius 1 is 1.60 bits per heavy atom. The highest BCUT2D eigenvalue weighted by molar-refractivity contribution is 4.99. The van der Waals surface area contributed by atoms with Gasteiger partial charge in [-0.1, -0.05) is 0 Å². The van der Waals surface area contributed by atoms with Crippen LogP contribution in [0.1, 0.15) is 26.2 Å². The molecule has 15 heavy (non-hydrogen) atoms. The molecule has 3 unspecified atom stereocenters. The van der Waals surface area contributed by atoms with Gasteiger partial charge in [-0.25, -0.2) is 0 Å². The fourth-order valence-electron chi connectivity index (χ4n) is 2.41. The molecule has 0 saturated carbocycles. The Kier molecular flexibility index (Phi) is 3.63. The smallest absolute Gasteiger partial charge is 0.0970 e. The molecule has 2 saturated heterocycles. The quantitative estimate of drug-likeness (QED) is 0.677. The third-order valence-corrected chi connectivity index (χ3v) is 3.33. The highest BCUT2D eigenvalue weighted by Gasteiger charge is 2.34. The number of hydrogen-bond acceptors (Lipinski definition) is 3. The van der Waals surface area contributed by atoms with E-state index in [-0.39, 0.29) is 6.10 Å². The topological polar surface area (TPSA) is 32.7 Å². The largest absolute Gasteiger partial charge is 0.389 e. The van der Waals surface area contributed by atoms with Crippen molar-refractivity contribution < 1.29 is 9.84 Å². The minimum atomic E-state index is -0.431. The molecule has 2 aliphatic rings. The molecule has 0 aromatic carbocycles. The van der Waals surface area contributed by atoms with Gasteiger partial charge in [0.25, 0.3) is 0 Å². The zero-order chi connectivity index (χ0) is 10.7. The van der Waals surface area contributed by atoms with Crippen LogP contribution in [-0.4, -0.2) is 48.0 Å². The van der Waals surface area contributed by atoms with E-state index in [2.05, 4.69) is 16.7 Å². The van der Waals surface area contributed by atoms with Gasteiger partial charge in [-0.3, -0.25) is 4.90 Å². The Balaban J connectivity index is 1.85. The minimum absolute atomic E-state index is 0.0415. The number of nitrogens with zero attached hydrogens (tertiary/aromatic N) is 1. The van der Waals surface area contributed by atoms with Crippen LogP contribution >= 0.6 is 0 Å². The predicted molar refractivity (Wildman–Crippen MR) is 58.4 cm³/mol. The summed E-state index contributed by atoms with van der Waals surface area (Å²) in [5, 5.41) is 9.87. The standard InChI is InChI=1S/C12H19NO2/c1-2-3-6-11(14)12-8-13-7-4-5-10(13)9-15-12/h10-12,14H,4-9H2,1H3. The molecule has 2 rings (SSSR count).